The molecule has 2 amide bonds. The second-order valence-corrected chi connectivity index (χ2v) is 10.8. The van der Waals surface area contributed by atoms with Crippen molar-refractivity contribution in [2.24, 2.45) is 5.10 Å². The normalized spacial score (nSPS) is 10.8. The lowest BCUT2D eigenvalue weighted by Crippen LogP contribution is -2.20. The second kappa shape index (κ2) is 14.3. The Hall–Kier alpha value is -5.19. The van der Waals surface area contributed by atoms with Gasteiger partial charge in [0.2, 0.25) is 0 Å². The zero-order chi connectivity index (χ0) is 30.9. The molecular formula is C33H28ClN5O4S. The minimum Gasteiger partial charge on any atom is -0.497 e. The molecule has 0 saturated heterocycles. The maximum atomic E-state index is 12.6. The summed E-state index contributed by atoms with van der Waals surface area (Å²) in [7, 11) is 1.57. The molecule has 5 aromatic rings. The Morgan fingerprint density at radius 1 is 0.955 bits per heavy atom. The molecular weight excluding hydrogens is 598 g/mol. The number of ether oxygens (including phenoxy) is 2. The number of amides is 2. The van der Waals surface area contributed by atoms with E-state index in [-0.39, 0.29) is 18.4 Å². The van der Waals surface area contributed by atoms with E-state index in [0.717, 1.165) is 22.1 Å². The monoisotopic (exact) mass is 625 g/mol. The van der Waals surface area contributed by atoms with Crippen LogP contribution in [0.3, 0.4) is 0 Å². The van der Waals surface area contributed by atoms with E-state index in [9.17, 15) is 9.59 Å². The van der Waals surface area contributed by atoms with Crippen LogP contribution in [0.25, 0.3) is 11.3 Å². The highest BCUT2D eigenvalue weighted by Crippen LogP contribution is 2.28. The van der Waals surface area contributed by atoms with Crippen LogP contribution in [0.15, 0.2) is 101 Å². The molecule has 0 radical (unpaired) electrons. The lowest BCUT2D eigenvalue weighted by molar-refractivity contribution is -0.118. The summed E-state index contributed by atoms with van der Waals surface area (Å²) in [6, 6.07) is 27.2. The molecule has 5 rings (SSSR count). The standard InChI is InChI=1S/C33H28ClN5O4S/c1-21-3-10-26(11-4-21)37-33-38-29(20-44-33)23-6-8-24(9-7-23)32(41)39-35-18-22-5-16-30(28(34)17-22)43-19-31(40)36-25-12-14-27(42-2)15-13-25/h3-18,20H,19H2,1-2H3,(H,36,40)(H,37,38)(H,39,41)/b35-18+. The molecule has 9 nitrogen and oxygen atoms in total. The van der Waals surface area contributed by atoms with Crippen molar-refractivity contribution in [1.29, 1.82) is 0 Å². The van der Waals surface area contributed by atoms with E-state index in [1.54, 1.807) is 61.7 Å². The van der Waals surface area contributed by atoms with Crippen LogP contribution in [-0.2, 0) is 4.79 Å². The number of hydrazone groups is 1. The van der Waals surface area contributed by atoms with Gasteiger partial charge in [-0.15, -0.1) is 11.3 Å². The van der Waals surface area contributed by atoms with Crippen molar-refractivity contribution in [3.8, 4) is 22.8 Å². The molecule has 0 fully saturated rings. The van der Waals surface area contributed by atoms with Crippen molar-refractivity contribution in [2.45, 2.75) is 6.92 Å². The summed E-state index contributed by atoms with van der Waals surface area (Å²) in [5.41, 5.74) is 8.11. The van der Waals surface area contributed by atoms with Gasteiger partial charge in [0.15, 0.2) is 11.7 Å². The molecule has 0 saturated carbocycles. The van der Waals surface area contributed by atoms with Crippen LogP contribution >= 0.6 is 22.9 Å². The zero-order valence-corrected chi connectivity index (χ0v) is 25.4. The van der Waals surface area contributed by atoms with Crippen molar-refractivity contribution >= 4 is 57.5 Å². The summed E-state index contributed by atoms with van der Waals surface area (Å²) in [5.74, 6) is 0.342. The molecule has 11 heteroatoms. The molecule has 0 aliphatic rings. The molecule has 222 valence electrons. The van der Waals surface area contributed by atoms with Crippen molar-refractivity contribution in [3.05, 3.63) is 118 Å². The van der Waals surface area contributed by atoms with Gasteiger partial charge in [-0.1, -0.05) is 41.4 Å². The molecule has 4 aromatic carbocycles. The lowest BCUT2D eigenvalue weighted by Gasteiger charge is -2.09. The van der Waals surface area contributed by atoms with Crippen LogP contribution in [0.5, 0.6) is 11.5 Å². The summed E-state index contributed by atoms with van der Waals surface area (Å²) in [6.45, 7) is 1.83. The average Bonchev–Trinajstić information content (AvgIpc) is 3.50. The minimum absolute atomic E-state index is 0.220. The number of benzene rings is 4. The summed E-state index contributed by atoms with van der Waals surface area (Å²) < 4.78 is 10.7. The number of carbonyl (C=O) groups is 2. The second-order valence-electron chi connectivity index (χ2n) is 9.56. The topological polar surface area (TPSA) is 114 Å². The zero-order valence-electron chi connectivity index (χ0n) is 23.8. The molecule has 0 atom stereocenters. The summed E-state index contributed by atoms with van der Waals surface area (Å²) in [5, 5.41) is 13.1. The summed E-state index contributed by atoms with van der Waals surface area (Å²) in [4.78, 5) is 29.5. The highest BCUT2D eigenvalue weighted by atomic mass is 35.5. The Kier molecular flexibility index (Phi) is 9.85. The number of aryl methyl sites for hydroxylation is 1. The van der Waals surface area contributed by atoms with Crippen LogP contribution in [0.2, 0.25) is 5.02 Å². The Morgan fingerprint density at radius 3 is 2.39 bits per heavy atom. The van der Waals surface area contributed by atoms with Gasteiger partial charge in [0.25, 0.3) is 11.8 Å². The van der Waals surface area contributed by atoms with Crippen LogP contribution in [-0.4, -0.2) is 36.7 Å². The highest BCUT2D eigenvalue weighted by molar-refractivity contribution is 7.14. The first-order valence-corrected chi connectivity index (χ1v) is 14.7. The van der Waals surface area contributed by atoms with Crippen LogP contribution in [0, 0.1) is 6.92 Å². The number of thiazole rings is 1. The lowest BCUT2D eigenvalue weighted by atomic mass is 10.1. The number of carbonyl (C=O) groups excluding carboxylic acids is 2. The molecule has 0 aliphatic carbocycles. The number of halogens is 1. The first-order valence-electron chi connectivity index (χ1n) is 13.5. The molecule has 1 aromatic heterocycles. The molecule has 1 heterocycles. The number of rotatable bonds is 11. The molecule has 0 aliphatic heterocycles. The summed E-state index contributed by atoms with van der Waals surface area (Å²) >= 11 is 7.84. The van der Waals surface area contributed by atoms with Crippen molar-refractivity contribution in [3.63, 3.8) is 0 Å². The quantitative estimate of drug-likeness (QED) is 0.105. The number of anilines is 3. The largest absolute Gasteiger partial charge is 0.497 e. The van der Waals surface area contributed by atoms with Gasteiger partial charge in [-0.2, -0.15) is 5.10 Å². The van der Waals surface area contributed by atoms with Gasteiger partial charge in [-0.05, 0) is 79.2 Å². The molecule has 0 bridgehead atoms. The fourth-order valence-electron chi connectivity index (χ4n) is 3.98. The fraction of sp³-hybridized carbons (Fsp3) is 0.0909. The Bertz CT molecular complexity index is 1770. The van der Waals surface area contributed by atoms with E-state index < -0.39 is 0 Å². The Morgan fingerprint density at radius 2 is 1.68 bits per heavy atom. The Balaban J connectivity index is 1.10. The van der Waals surface area contributed by atoms with Crippen LogP contribution in [0.1, 0.15) is 21.5 Å². The third-order valence-corrected chi connectivity index (χ3v) is 7.37. The van der Waals surface area contributed by atoms with Crippen molar-refractivity contribution in [1.82, 2.24) is 10.4 Å². The van der Waals surface area contributed by atoms with Crippen LogP contribution in [0.4, 0.5) is 16.5 Å². The van der Waals surface area contributed by atoms with Crippen molar-refractivity contribution < 1.29 is 19.1 Å². The average molecular weight is 626 g/mol. The molecule has 44 heavy (non-hydrogen) atoms. The fourth-order valence-corrected chi connectivity index (χ4v) is 4.96. The Labute approximate surface area is 263 Å². The van der Waals surface area contributed by atoms with Gasteiger partial charge in [-0.25, -0.2) is 10.4 Å². The third kappa shape index (κ3) is 8.21. The number of nitrogens with zero attached hydrogens (tertiary/aromatic N) is 2. The van der Waals surface area contributed by atoms with E-state index in [4.69, 9.17) is 21.1 Å². The summed E-state index contributed by atoms with van der Waals surface area (Å²) in [6.07, 6.45) is 1.47. The van der Waals surface area contributed by atoms with Gasteiger partial charge in [-0.3, -0.25) is 9.59 Å². The number of hydrogen-bond acceptors (Lipinski definition) is 8. The van der Waals surface area contributed by atoms with Gasteiger partial charge < -0.3 is 20.1 Å². The number of hydrogen-bond donors (Lipinski definition) is 3. The number of methoxy groups -OCH3 is 1. The molecule has 0 unspecified atom stereocenters. The molecule has 0 spiro atoms. The first kappa shape index (κ1) is 30.3. The SMILES string of the molecule is COc1ccc(NC(=O)COc2ccc(/C=N/NC(=O)c3ccc(-c4csc(Nc5ccc(C)cc5)n4)cc3)cc2Cl)cc1. The molecule has 3 N–H and O–H groups in total. The van der Waals surface area contributed by atoms with Gasteiger partial charge in [0.1, 0.15) is 11.5 Å². The highest BCUT2D eigenvalue weighted by Gasteiger charge is 2.10. The van der Waals surface area contributed by atoms with Gasteiger partial charge in [0, 0.05) is 27.9 Å². The van der Waals surface area contributed by atoms with Crippen LogP contribution < -0.4 is 25.5 Å². The van der Waals surface area contributed by atoms with Gasteiger partial charge in [0.05, 0.1) is 24.0 Å². The minimum atomic E-state index is -0.360. The number of aromatic nitrogens is 1. The van der Waals surface area contributed by atoms with E-state index in [0.29, 0.717) is 33.3 Å². The van der Waals surface area contributed by atoms with Gasteiger partial charge >= 0.3 is 0 Å². The van der Waals surface area contributed by atoms with E-state index in [1.807, 2.05) is 48.7 Å². The first-order chi connectivity index (χ1) is 21.4. The van der Waals surface area contributed by atoms with E-state index in [1.165, 1.54) is 23.1 Å². The maximum Gasteiger partial charge on any atom is 0.271 e. The van der Waals surface area contributed by atoms with E-state index >= 15 is 0 Å². The van der Waals surface area contributed by atoms with Crippen molar-refractivity contribution in [2.75, 3.05) is 24.4 Å². The van der Waals surface area contributed by atoms with E-state index in [2.05, 4.69) is 26.1 Å². The number of nitrogens with one attached hydrogen (secondary N) is 3. The predicted octanol–water partition coefficient (Wildman–Crippen LogP) is 7.31. The smallest absolute Gasteiger partial charge is 0.271 e. The third-order valence-electron chi connectivity index (χ3n) is 6.32. The maximum absolute atomic E-state index is 12.6. The predicted molar refractivity (Wildman–Crippen MR) is 176 cm³/mol.